The van der Waals surface area contributed by atoms with Crippen molar-refractivity contribution in [2.75, 3.05) is 12.3 Å². The van der Waals surface area contributed by atoms with Gasteiger partial charge in [-0.1, -0.05) is 23.2 Å². The van der Waals surface area contributed by atoms with Crippen LogP contribution in [0.2, 0.25) is 10.0 Å². The highest BCUT2D eigenvalue weighted by Gasteiger charge is 2.23. The number of halogens is 2. The Morgan fingerprint density at radius 2 is 2.14 bits per heavy atom. The van der Waals surface area contributed by atoms with Gasteiger partial charge in [-0.2, -0.15) is 0 Å². The number of rotatable bonds is 0. The molecular formula is C9H8Cl2NS2+. The van der Waals surface area contributed by atoms with Crippen LogP contribution in [0.4, 0.5) is 5.69 Å². The molecule has 5 heteroatoms. The Bertz CT molecular complexity index is 393. The van der Waals surface area contributed by atoms with Crippen LogP contribution in [-0.4, -0.2) is 16.2 Å². The summed E-state index contributed by atoms with van der Waals surface area (Å²) in [4.78, 5) is 1.09. The maximum atomic E-state index is 6.11. The van der Waals surface area contributed by atoms with Crippen LogP contribution in [-0.2, 0) is 12.4 Å². The summed E-state index contributed by atoms with van der Waals surface area (Å²) >= 11 is 19.1. The average molecular weight is 265 g/mol. The van der Waals surface area contributed by atoms with Gasteiger partial charge in [0, 0.05) is 17.2 Å². The first-order chi connectivity index (χ1) is 6.68. The fourth-order valence-corrected chi connectivity index (χ4v) is 3.61. The van der Waals surface area contributed by atoms with Crippen molar-refractivity contribution in [1.29, 1.82) is 0 Å². The molecule has 0 radical (unpaired) electrons. The second-order valence-electron chi connectivity index (χ2n) is 3.04. The molecule has 0 aromatic heterocycles. The van der Waals surface area contributed by atoms with Crippen molar-refractivity contribution in [3.63, 3.8) is 0 Å². The quantitative estimate of drug-likeness (QED) is 0.655. The van der Waals surface area contributed by atoms with Gasteiger partial charge in [-0.25, -0.2) is 0 Å². The first kappa shape index (κ1) is 10.7. The molecule has 0 atom stereocenters. The third-order valence-electron chi connectivity index (χ3n) is 2.01. The molecular weight excluding hydrogens is 257 g/mol. The second-order valence-corrected chi connectivity index (χ2v) is 5.46. The summed E-state index contributed by atoms with van der Waals surface area (Å²) in [6.45, 7) is 0.872. The van der Waals surface area contributed by atoms with Gasteiger partial charge in [0.1, 0.15) is 5.02 Å². The molecule has 0 saturated heterocycles. The van der Waals surface area contributed by atoms with E-state index in [4.69, 9.17) is 35.6 Å². The predicted octanol–water partition coefficient (Wildman–Crippen LogP) is 3.86. The van der Waals surface area contributed by atoms with Crippen LogP contribution < -0.4 is 0 Å². The standard InChI is InChI=1S/C9H8Cl2NS2/c10-6-4-7(11)9-8(5-6)14-3-1-2-12(9)13/h4-5H,1-3H2/q+1. The maximum Gasteiger partial charge on any atom is 0.270 e. The average Bonchev–Trinajstić information content (AvgIpc) is 2.27. The Morgan fingerprint density at radius 3 is 2.93 bits per heavy atom. The van der Waals surface area contributed by atoms with Crippen LogP contribution in [0.5, 0.6) is 0 Å². The van der Waals surface area contributed by atoms with E-state index in [2.05, 4.69) is 0 Å². The molecule has 74 valence electrons. The molecule has 2 rings (SSSR count). The minimum Gasteiger partial charge on any atom is -0.119 e. The van der Waals surface area contributed by atoms with Crippen molar-refractivity contribution in [3.05, 3.63) is 22.2 Å². The highest BCUT2D eigenvalue weighted by molar-refractivity contribution is 7.99. The first-order valence-corrected chi connectivity index (χ1v) is 6.35. The van der Waals surface area contributed by atoms with Gasteiger partial charge in [0.15, 0.2) is 6.54 Å². The van der Waals surface area contributed by atoms with E-state index in [9.17, 15) is 0 Å². The molecule has 1 nitrogen and oxygen atoms in total. The minimum atomic E-state index is 0.650. The molecule has 0 amide bonds. The molecule has 0 N–H and O–H groups in total. The summed E-state index contributed by atoms with van der Waals surface area (Å²) in [6, 6.07) is 3.67. The fourth-order valence-electron chi connectivity index (χ4n) is 1.40. The van der Waals surface area contributed by atoms with E-state index in [1.54, 1.807) is 21.8 Å². The molecule has 0 spiro atoms. The predicted molar refractivity (Wildman–Crippen MR) is 64.0 cm³/mol. The lowest BCUT2D eigenvalue weighted by atomic mass is 10.3. The third-order valence-corrected chi connectivity index (χ3v) is 3.99. The zero-order valence-corrected chi connectivity index (χ0v) is 10.4. The van der Waals surface area contributed by atoms with Crippen molar-refractivity contribution in [1.82, 2.24) is 0 Å². The molecule has 0 aliphatic carbocycles. The van der Waals surface area contributed by atoms with E-state index in [1.807, 2.05) is 6.07 Å². The van der Waals surface area contributed by atoms with Crippen LogP contribution >= 0.6 is 35.0 Å². The molecule has 1 aliphatic heterocycles. The van der Waals surface area contributed by atoms with Gasteiger partial charge in [0.25, 0.3) is 18.1 Å². The number of benzene rings is 1. The molecule has 1 aliphatic rings. The Kier molecular flexibility index (Phi) is 3.32. The van der Waals surface area contributed by atoms with Gasteiger partial charge in [-0.05, 0) is 12.1 Å². The second kappa shape index (κ2) is 4.35. The van der Waals surface area contributed by atoms with E-state index < -0.39 is 0 Å². The van der Waals surface area contributed by atoms with Crippen LogP contribution in [0.25, 0.3) is 0 Å². The lowest BCUT2D eigenvalue weighted by Gasteiger charge is -2.02. The SMILES string of the molecule is S=[N+]1CCCSc2cc(Cl)cc(Cl)c21. The topological polar surface area (TPSA) is 3.01 Å². The van der Waals surface area contributed by atoms with Crippen molar-refractivity contribution >= 4 is 53.1 Å². The van der Waals surface area contributed by atoms with E-state index in [-0.39, 0.29) is 0 Å². The normalized spacial score (nSPS) is 16.3. The molecule has 0 bridgehead atoms. The summed E-state index contributed by atoms with van der Waals surface area (Å²) in [7, 11) is 0. The number of hydrogen-bond acceptors (Lipinski definition) is 2. The number of nitrogens with zero attached hydrogens (tertiary/aromatic N) is 1. The Labute approximate surface area is 103 Å². The zero-order chi connectivity index (χ0) is 10.1. The first-order valence-electron chi connectivity index (χ1n) is 4.25. The molecule has 0 unspecified atom stereocenters. The molecule has 1 aromatic rings. The maximum absolute atomic E-state index is 6.11. The summed E-state index contributed by atoms with van der Waals surface area (Å²) < 4.78 is 1.79. The Morgan fingerprint density at radius 1 is 1.36 bits per heavy atom. The molecule has 0 fully saturated rings. The van der Waals surface area contributed by atoms with Crippen molar-refractivity contribution in [3.8, 4) is 0 Å². The fraction of sp³-hybridized carbons (Fsp3) is 0.333. The zero-order valence-electron chi connectivity index (χ0n) is 7.30. The minimum absolute atomic E-state index is 0.650. The van der Waals surface area contributed by atoms with Gasteiger partial charge < -0.3 is 0 Å². The van der Waals surface area contributed by atoms with Crippen LogP contribution in [0.1, 0.15) is 6.42 Å². The van der Waals surface area contributed by atoms with E-state index in [1.165, 1.54) is 0 Å². The van der Waals surface area contributed by atoms with Crippen molar-refractivity contribution in [2.45, 2.75) is 11.3 Å². The van der Waals surface area contributed by atoms with E-state index in [0.717, 1.165) is 29.3 Å². The van der Waals surface area contributed by atoms with Crippen molar-refractivity contribution < 1.29 is 3.95 Å². The number of hydrogen-bond donors (Lipinski definition) is 0. The highest BCUT2D eigenvalue weighted by atomic mass is 35.5. The summed E-state index contributed by atoms with van der Waals surface area (Å²) in [5.41, 5.74) is 0.938. The van der Waals surface area contributed by atoms with Gasteiger partial charge >= 0.3 is 0 Å². The number of fused-ring (bicyclic) bond motifs is 1. The van der Waals surface area contributed by atoms with Crippen molar-refractivity contribution in [2.24, 2.45) is 0 Å². The van der Waals surface area contributed by atoms with E-state index in [0.29, 0.717) is 10.0 Å². The Balaban J connectivity index is 2.58. The van der Waals surface area contributed by atoms with Gasteiger partial charge in [0.2, 0.25) is 0 Å². The van der Waals surface area contributed by atoms with E-state index >= 15 is 0 Å². The lowest BCUT2D eigenvalue weighted by molar-refractivity contribution is -0.410. The van der Waals surface area contributed by atoms with Gasteiger partial charge in [-0.3, -0.25) is 0 Å². The summed E-state index contributed by atoms with van der Waals surface area (Å²) in [5, 5.41) is 1.32. The molecule has 1 heterocycles. The highest BCUT2D eigenvalue weighted by Crippen LogP contribution is 2.40. The third kappa shape index (κ3) is 2.06. The molecule has 1 aromatic carbocycles. The number of thioether (sulfide) groups is 1. The largest absolute Gasteiger partial charge is 0.270 e. The monoisotopic (exact) mass is 264 g/mol. The van der Waals surface area contributed by atoms with Crippen LogP contribution in [0.3, 0.4) is 0 Å². The summed E-state index contributed by atoms with van der Waals surface area (Å²) in [5.74, 6) is 1.07. The smallest absolute Gasteiger partial charge is 0.119 e. The summed E-state index contributed by atoms with van der Waals surface area (Å²) in [6.07, 6.45) is 1.08. The molecule has 14 heavy (non-hydrogen) atoms. The Hall–Kier alpha value is 0.170. The lowest BCUT2D eigenvalue weighted by Crippen LogP contribution is -2.02. The molecule has 0 saturated carbocycles. The van der Waals surface area contributed by atoms with Gasteiger partial charge in [-0.15, -0.1) is 15.7 Å². The van der Waals surface area contributed by atoms with Crippen LogP contribution in [0.15, 0.2) is 17.0 Å². The van der Waals surface area contributed by atoms with Crippen LogP contribution in [0, 0.1) is 0 Å². The van der Waals surface area contributed by atoms with Gasteiger partial charge in [0.05, 0.1) is 4.90 Å².